The molecule has 0 fully saturated rings. The molecule has 1 aromatic heterocycles. The van der Waals surface area contributed by atoms with Crippen LogP contribution in [0.3, 0.4) is 0 Å². The topological polar surface area (TPSA) is 85.2 Å². The number of carbonyl (C=O) groups is 2. The number of amides is 1. The van der Waals surface area contributed by atoms with E-state index < -0.39 is 12.0 Å². The first-order valence-electron chi connectivity index (χ1n) is 7.00. The van der Waals surface area contributed by atoms with Crippen molar-refractivity contribution in [2.75, 3.05) is 20.2 Å². The number of hydrogen-bond donors (Lipinski definition) is 2. The number of nitrogens with zero attached hydrogens (tertiary/aromatic N) is 2. The van der Waals surface area contributed by atoms with E-state index in [0.29, 0.717) is 6.54 Å². The van der Waals surface area contributed by atoms with Crippen molar-refractivity contribution in [2.45, 2.75) is 39.8 Å². The maximum atomic E-state index is 11.5. The zero-order valence-corrected chi connectivity index (χ0v) is 13.1. The van der Waals surface area contributed by atoms with Crippen LogP contribution in [0.1, 0.15) is 24.7 Å². The lowest BCUT2D eigenvalue weighted by atomic mass is 10.3. The molecule has 0 saturated heterocycles. The summed E-state index contributed by atoms with van der Waals surface area (Å²) in [5.41, 5.74) is 2.15. The van der Waals surface area contributed by atoms with Gasteiger partial charge in [0.15, 0.2) is 0 Å². The van der Waals surface area contributed by atoms with Crippen molar-refractivity contribution in [3.8, 4) is 0 Å². The highest BCUT2D eigenvalue weighted by molar-refractivity contribution is 5.83. The molecule has 21 heavy (non-hydrogen) atoms. The van der Waals surface area contributed by atoms with E-state index in [0.717, 1.165) is 30.9 Å². The zero-order chi connectivity index (χ0) is 15.8. The Kier molecular flexibility index (Phi) is 6.87. The first-order valence-corrected chi connectivity index (χ1v) is 7.00. The average Bonchev–Trinajstić information content (AvgIpc) is 2.74. The van der Waals surface area contributed by atoms with Crippen LogP contribution in [0.2, 0.25) is 0 Å². The van der Waals surface area contributed by atoms with Gasteiger partial charge in [0.05, 0.1) is 12.8 Å². The smallest absolute Gasteiger partial charge is 0.329 e. The van der Waals surface area contributed by atoms with Crippen molar-refractivity contribution in [2.24, 2.45) is 0 Å². The van der Waals surface area contributed by atoms with Gasteiger partial charge in [-0.2, -0.15) is 5.10 Å². The number of aryl methyl sites for hydroxylation is 3. The second-order valence-corrected chi connectivity index (χ2v) is 4.98. The van der Waals surface area contributed by atoms with Crippen molar-refractivity contribution >= 4 is 11.9 Å². The Labute approximate surface area is 125 Å². The predicted molar refractivity (Wildman–Crippen MR) is 78.8 cm³/mol. The van der Waals surface area contributed by atoms with Gasteiger partial charge < -0.3 is 15.4 Å². The number of hydrogen-bond acceptors (Lipinski definition) is 5. The molecular formula is C14H24N4O3. The molecule has 2 N–H and O–H groups in total. The molecule has 1 atom stereocenters. The zero-order valence-electron chi connectivity index (χ0n) is 13.1. The van der Waals surface area contributed by atoms with Gasteiger partial charge in [-0.1, -0.05) is 0 Å². The highest BCUT2D eigenvalue weighted by Crippen LogP contribution is 2.02. The van der Waals surface area contributed by atoms with Crippen LogP contribution in [0.5, 0.6) is 0 Å². The summed E-state index contributed by atoms with van der Waals surface area (Å²) >= 11 is 0. The molecule has 7 nitrogen and oxygen atoms in total. The van der Waals surface area contributed by atoms with E-state index in [-0.39, 0.29) is 5.91 Å². The van der Waals surface area contributed by atoms with Crippen LogP contribution in [-0.2, 0) is 20.9 Å². The van der Waals surface area contributed by atoms with Gasteiger partial charge in [-0.05, 0) is 32.9 Å². The van der Waals surface area contributed by atoms with Gasteiger partial charge in [0.1, 0.15) is 6.04 Å². The van der Waals surface area contributed by atoms with Crippen molar-refractivity contribution in [1.82, 2.24) is 20.4 Å². The minimum Gasteiger partial charge on any atom is -0.467 e. The van der Waals surface area contributed by atoms with E-state index in [1.807, 2.05) is 24.6 Å². The summed E-state index contributed by atoms with van der Waals surface area (Å²) in [6, 6.07) is 1.39. The monoisotopic (exact) mass is 296 g/mol. The summed E-state index contributed by atoms with van der Waals surface area (Å²) in [6.07, 6.45) is 0.885. The first kappa shape index (κ1) is 17.2. The van der Waals surface area contributed by atoms with E-state index in [4.69, 9.17) is 0 Å². The number of esters is 1. The summed E-state index contributed by atoms with van der Waals surface area (Å²) in [4.78, 5) is 22.5. The number of methoxy groups -OCH3 is 1. The maximum absolute atomic E-state index is 11.5. The van der Waals surface area contributed by atoms with Crippen molar-refractivity contribution in [1.29, 1.82) is 0 Å². The number of carbonyl (C=O) groups excluding carboxylic acids is 2. The fourth-order valence-corrected chi connectivity index (χ4v) is 2.08. The Hall–Kier alpha value is -1.89. The van der Waals surface area contributed by atoms with Crippen molar-refractivity contribution in [3.63, 3.8) is 0 Å². The van der Waals surface area contributed by atoms with Gasteiger partial charge >= 0.3 is 5.97 Å². The van der Waals surface area contributed by atoms with Crippen LogP contribution in [0.25, 0.3) is 0 Å². The second-order valence-electron chi connectivity index (χ2n) is 4.98. The normalized spacial score (nSPS) is 12.0. The molecule has 0 aliphatic heterocycles. The minimum absolute atomic E-state index is 0.255. The third kappa shape index (κ3) is 5.95. The summed E-state index contributed by atoms with van der Waals surface area (Å²) < 4.78 is 6.61. The Balaban J connectivity index is 2.29. The predicted octanol–water partition coefficient (Wildman–Crippen LogP) is 0.157. The molecule has 0 radical (unpaired) electrons. The van der Waals surface area contributed by atoms with Crippen molar-refractivity contribution in [3.05, 3.63) is 17.5 Å². The fourth-order valence-electron chi connectivity index (χ4n) is 2.08. The van der Waals surface area contributed by atoms with Gasteiger partial charge in [0, 0.05) is 25.7 Å². The SMILES string of the molecule is COC(=O)C(CNCCCn1nc(C)cc1C)NC(C)=O. The molecular weight excluding hydrogens is 272 g/mol. The molecule has 1 aromatic rings. The van der Waals surface area contributed by atoms with Gasteiger partial charge in [0.2, 0.25) is 5.91 Å². The highest BCUT2D eigenvalue weighted by Gasteiger charge is 2.19. The number of rotatable bonds is 8. The van der Waals surface area contributed by atoms with Crippen LogP contribution in [0.4, 0.5) is 0 Å². The van der Waals surface area contributed by atoms with E-state index in [1.54, 1.807) is 0 Å². The standard InChI is InChI=1S/C14H24N4O3/c1-10-8-11(2)18(17-10)7-5-6-15-9-13(14(20)21-4)16-12(3)19/h8,13,15H,5-7,9H2,1-4H3,(H,16,19). The molecule has 1 rings (SSSR count). The number of ether oxygens (including phenoxy) is 1. The Morgan fingerprint density at radius 3 is 2.67 bits per heavy atom. The summed E-state index contributed by atoms with van der Waals surface area (Å²) in [5.74, 6) is -0.703. The third-order valence-electron chi connectivity index (χ3n) is 3.04. The second kappa shape index (κ2) is 8.41. The minimum atomic E-state index is -0.652. The molecule has 7 heteroatoms. The largest absolute Gasteiger partial charge is 0.467 e. The van der Waals surface area contributed by atoms with E-state index in [2.05, 4.69) is 20.5 Å². The lowest BCUT2D eigenvalue weighted by molar-refractivity contribution is -0.144. The van der Waals surface area contributed by atoms with Gasteiger partial charge in [-0.3, -0.25) is 9.48 Å². The maximum Gasteiger partial charge on any atom is 0.329 e. The van der Waals surface area contributed by atoms with Gasteiger partial charge in [0.25, 0.3) is 0 Å². The van der Waals surface area contributed by atoms with Gasteiger partial charge in [-0.25, -0.2) is 4.79 Å². The summed E-state index contributed by atoms with van der Waals surface area (Å²) in [6.45, 7) is 7.26. The van der Waals surface area contributed by atoms with Crippen LogP contribution in [0.15, 0.2) is 6.07 Å². The van der Waals surface area contributed by atoms with Gasteiger partial charge in [-0.15, -0.1) is 0 Å². The first-order chi connectivity index (χ1) is 9.93. The van der Waals surface area contributed by atoms with Crippen LogP contribution < -0.4 is 10.6 Å². The lowest BCUT2D eigenvalue weighted by Crippen LogP contribution is -2.47. The molecule has 0 spiro atoms. The lowest BCUT2D eigenvalue weighted by Gasteiger charge is -2.16. The van der Waals surface area contributed by atoms with E-state index >= 15 is 0 Å². The van der Waals surface area contributed by atoms with E-state index in [9.17, 15) is 9.59 Å². The van der Waals surface area contributed by atoms with Crippen molar-refractivity contribution < 1.29 is 14.3 Å². The molecule has 118 valence electrons. The van der Waals surface area contributed by atoms with Crippen LogP contribution >= 0.6 is 0 Å². The molecule has 0 aliphatic carbocycles. The average molecular weight is 296 g/mol. The molecule has 0 saturated carbocycles. The Morgan fingerprint density at radius 1 is 1.43 bits per heavy atom. The Morgan fingerprint density at radius 2 is 2.14 bits per heavy atom. The fraction of sp³-hybridized carbons (Fsp3) is 0.643. The van der Waals surface area contributed by atoms with Crippen LogP contribution in [-0.4, -0.2) is 47.9 Å². The highest BCUT2D eigenvalue weighted by atomic mass is 16.5. The quantitative estimate of drug-likeness (QED) is 0.527. The summed E-state index contributed by atoms with van der Waals surface area (Å²) in [7, 11) is 1.31. The Bertz CT molecular complexity index is 485. The van der Waals surface area contributed by atoms with Crippen LogP contribution in [0, 0.1) is 13.8 Å². The number of nitrogens with one attached hydrogen (secondary N) is 2. The molecule has 0 aliphatic rings. The van der Waals surface area contributed by atoms with E-state index in [1.165, 1.54) is 14.0 Å². The molecule has 1 heterocycles. The molecule has 0 aromatic carbocycles. The molecule has 0 bridgehead atoms. The third-order valence-corrected chi connectivity index (χ3v) is 3.04. The number of aromatic nitrogens is 2. The summed E-state index contributed by atoms with van der Waals surface area (Å²) in [5, 5.41) is 10.1. The molecule has 1 unspecified atom stereocenters. The molecule has 1 amide bonds.